The van der Waals surface area contributed by atoms with Crippen molar-refractivity contribution in [3.05, 3.63) is 77.5 Å². The second-order valence-corrected chi connectivity index (χ2v) is 5.94. The van der Waals surface area contributed by atoms with E-state index < -0.39 is 6.10 Å². The molecule has 4 nitrogen and oxygen atoms in total. The van der Waals surface area contributed by atoms with Crippen LogP contribution in [0.5, 0.6) is 0 Å². The van der Waals surface area contributed by atoms with E-state index in [1.54, 1.807) is 6.20 Å². The third-order valence-corrected chi connectivity index (χ3v) is 3.97. The molecule has 3 rings (SSSR count). The third kappa shape index (κ3) is 3.97. The Morgan fingerprint density at radius 1 is 1.17 bits per heavy atom. The molecular formula is C20H20N2O2. The number of nitrogens with zero attached hydrogens (tertiary/aromatic N) is 1. The zero-order valence-corrected chi connectivity index (χ0v) is 13.6. The van der Waals surface area contributed by atoms with Gasteiger partial charge in [0.2, 0.25) is 5.91 Å². The molecule has 0 aliphatic rings. The zero-order chi connectivity index (χ0) is 16.9. The molecule has 0 aliphatic heterocycles. The minimum absolute atomic E-state index is 0.127. The lowest BCUT2D eigenvalue weighted by atomic mass is 10.1. The fraction of sp³-hybridized carbons (Fsp3) is 0.200. The van der Waals surface area contributed by atoms with Crippen molar-refractivity contribution in [2.45, 2.75) is 19.4 Å². The highest BCUT2D eigenvalue weighted by atomic mass is 16.3. The highest BCUT2D eigenvalue weighted by Crippen LogP contribution is 2.14. The van der Waals surface area contributed by atoms with Gasteiger partial charge in [-0.2, -0.15) is 0 Å². The maximum atomic E-state index is 12.1. The van der Waals surface area contributed by atoms with Gasteiger partial charge in [0.15, 0.2) is 0 Å². The number of hydrogen-bond acceptors (Lipinski definition) is 3. The topological polar surface area (TPSA) is 62.2 Å². The van der Waals surface area contributed by atoms with Crippen molar-refractivity contribution in [1.29, 1.82) is 0 Å². The summed E-state index contributed by atoms with van der Waals surface area (Å²) in [6.07, 6.45) is 1.26. The number of pyridine rings is 1. The normalized spacial score (nSPS) is 12.1. The van der Waals surface area contributed by atoms with Crippen molar-refractivity contribution in [3.63, 3.8) is 0 Å². The molecule has 1 heterocycles. The lowest BCUT2D eigenvalue weighted by molar-refractivity contribution is -0.120. The second-order valence-electron chi connectivity index (χ2n) is 5.94. The molecule has 1 atom stereocenters. The quantitative estimate of drug-likeness (QED) is 0.760. The first-order valence-corrected chi connectivity index (χ1v) is 7.97. The van der Waals surface area contributed by atoms with E-state index in [1.165, 1.54) is 0 Å². The molecular weight excluding hydrogens is 300 g/mol. The highest BCUT2D eigenvalue weighted by Gasteiger charge is 2.10. The van der Waals surface area contributed by atoms with Gasteiger partial charge in [0.25, 0.3) is 0 Å². The molecule has 0 fully saturated rings. The summed E-state index contributed by atoms with van der Waals surface area (Å²) in [6, 6.07) is 17.4. The second kappa shape index (κ2) is 7.23. The summed E-state index contributed by atoms with van der Waals surface area (Å²) < 4.78 is 0. The molecule has 1 unspecified atom stereocenters. The average Bonchev–Trinajstić information content (AvgIpc) is 2.60. The smallest absolute Gasteiger partial charge is 0.224 e. The van der Waals surface area contributed by atoms with Crippen LogP contribution in [0.2, 0.25) is 0 Å². The van der Waals surface area contributed by atoms with Crippen molar-refractivity contribution in [2.24, 2.45) is 0 Å². The number of carbonyl (C=O) groups excluding carboxylic acids is 1. The maximum Gasteiger partial charge on any atom is 0.224 e. The minimum atomic E-state index is -0.704. The Morgan fingerprint density at radius 2 is 1.92 bits per heavy atom. The van der Waals surface area contributed by atoms with Crippen LogP contribution in [0.4, 0.5) is 0 Å². The number of amides is 1. The number of rotatable bonds is 5. The van der Waals surface area contributed by atoms with Crippen LogP contribution >= 0.6 is 0 Å². The lowest BCUT2D eigenvalue weighted by Gasteiger charge is -2.12. The Balaban J connectivity index is 1.57. The molecule has 0 saturated carbocycles. The van der Waals surface area contributed by atoms with Crippen molar-refractivity contribution in [3.8, 4) is 0 Å². The van der Waals surface area contributed by atoms with E-state index in [9.17, 15) is 9.90 Å². The number of carbonyl (C=O) groups is 1. The van der Waals surface area contributed by atoms with Gasteiger partial charge in [-0.3, -0.25) is 9.78 Å². The molecule has 0 spiro atoms. The minimum Gasteiger partial charge on any atom is -0.387 e. The van der Waals surface area contributed by atoms with Crippen LogP contribution in [-0.2, 0) is 11.2 Å². The molecule has 122 valence electrons. The van der Waals surface area contributed by atoms with Crippen molar-refractivity contribution in [1.82, 2.24) is 10.3 Å². The number of fused-ring (bicyclic) bond motifs is 1. The first kappa shape index (κ1) is 16.1. The first-order chi connectivity index (χ1) is 11.6. The van der Waals surface area contributed by atoms with E-state index in [1.807, 2.05) is 61.5 Å². The number of benzene rings is 2. The van der Waals surface area contributed by atoms with Crippen LogP contribution in [0.3, 0.4) is 0 Å². The van der Waals surface area contributed by atoms with Crippen LogP contribution in [0.15, 0.2) is 60.8 Å². The lowest BCUT2D eigenvalue weighted by Crippen LogP contribution is -2.29. The molecule has 3 aromatic rings. The van der Waals surface area contributed by atoms with Gasteiger partial charge < -0.3 is 10.4 Å². The Kier molecular flexibility index (Phi) is 4.87. The Morgan fingerprint density at radius 3 is 2.71 bits per heavy atom. The van der Waals surface area contributed by atoms with Crippen molar-refractivity contribution in [2.75, 3.05) is 6.54 Å². The van der Waals surface area contributed by atoms with Gasteiger partial charge >= 0.3 is 0 Å². The van der Waals surface area contributed by atoms with E-state index in [4.69, 9.17) is 0 Å². The predicted octanol–water partition coefficient (Wildman–Crippen LogP) is 2.94. The number of aromatic nitrogens is 1. The van der Waals surface area contributed by atoms with Gasteiger partial charge in [-0.25, -0.2) is 0 Å². The Labute approximate surface area is 141 Å². The summed E-state index contributed by atoms with van der Waals surface area (Å²) in [5.41, 5.74) is 3.71. The van der Waals surface area contributed by atoms with E-state index in [0.29, 0.717) is 0 Å². The van der Waals surface area contributed by atoms with E-state index >= 15 is 0 Å². The molecule has 0 bridgehead atoms. The standard InChI is InChI=1S/C20H20N2O2/c1-14-6-8-16(9-7-14)19(23)13-22-20(24)11-15-10-17-4-2-3-5-18(17)21-12-15/h2-10,12,19,23H,11,13H2,1H3,(H,22,24). The number of para-hydroxylation sites is 1. The van der Waals surface area contributed by atoms with Gasteiger partial charge in [0.1, 0.15) is 0 Å². The van der Waals surface area contributed by atoms with Crippen LogP contribution in [0, 0.1) is 6.92 Å². The molecule has 0 saturated heterocycles. The number of hydrogen-bond donors (Lipinski definition) is 2. The monoisotopic (exact) mass is 320 g/mol. The van der Waals surface area contributed by atoms with Gasteiger partial charge in [0, 0.05) is 18.1 Å². The number of aliphatic hydroxyl groups is 1. The summed E-state index contributed by atoms with van der Waals surface area (Å²) in [4.78, 5) is 16.4. The third-order valence-electron chi connectivity index (χ3n) is 3.97. The summed E-state index contributed by atoms with van der Waals surface area (Å²) >= 11 is 0. The first-order valence-electron chi connectivity index (χ1n) is 7.97. The van der Waals surface area contributed by atoms with Crippen LogP contribution < -0.4 is 5.32 Å². The maximum absolute atomic E-state index is 12.1. The fourth-order valence-corrected chi connectivity index (χ4v) is 2.58. The van der Waals surface area contributed by atoms with Gasteiger partial charge in [-0.05, 0) is 30.2 Å². The Hall–Kier alpha value is -2.72. The van der Waals surface area contributed by atoms with Crippen LogP contribution in [0.25, 0.3) is 10.9 Å². The van der Waals surface area contributed by atoms with E-state index in [0.717, 1.165) is 27.6 Å². The molecule has 1 aromatic heterocycles. The van der Waals surface area contributed by atoms with E-state index in [-0.39, 0.29) is 18.9 Å². The van der Waals surface area contributed by atoms with Crippen LogP contribution in [-0.4, -0.2) is 22.5 Å². The van der Waals surface area contributed by atoms with Crippen LogP contribution in [0.1, 0.15) is 22.8 Å². The molecule has 1 amide bonds. The summed E-state index contributed by atoms with van der Waals surface area (Å²) in [5.74, 6) is -0.127. The molecule has 0 radical (unpaired) electrons. The van der Waals surface area contributed by atoms with Crippen molar-refractivity contribution < 1.29 is 9.90 Å². The summed E-state index contributed by atoms with van der Waals surface area (Å²) in [6.45, 7) is 2.19. The summed E-state index contributed by atoms with van der Waals surface area (Å²) in [5, 5.41) is 13.9. The zero-order valence-electron chi connectivity index (χ0n) is 13.6. The molecule has 24 heavy (non-hydrogen) atoms. The SMILES string of the molecule is Cc1ccc(C(O)CNC(=O)Cc2cnc3ccccc3c2)cc1. The average molecular weight is 320 g/mol. The molecule has 4 heteroatoms. The van der Waals surface area contributed by atoms with E-state index in [2.05, 4.69) is 10.3 Å². The summed E-state index contributed by atoms with van der Waals surface area (Å²) in [7, 11) is 0. The highest BCUT2D eigenvalue weighted by molar-refractivity contribution is 5.82. The molecule has 2 N–H and O–H groups in total. The van der Waals surface area contributed by atoms with Gasteiger partial charge in [-0.1, -0.05) is 48.0 Å². The van der Waals surface area contributed by atoms with Crippen molar-refractivity contribution >= 4 is 16.8 Å². The predicted molar refractivity (Wildman–Crippen MR) is 94.6 cm³/mol. The number of aliphatic hydroxyl groups excluding tert-OH is 1. The largest absolute Gasteiger partial charge is 0.387 e. The number of aryl methyl sites for hydroxylation is 1. The fourth-order valence-electron chi connectivity index (χ4n) is 2.58. The molecule has 0 aliphatic carbocycles. The van der Waals surface area contributed by atoms with Gasteiger partial charge in [0.05, 0.1) is 18.0 Å². The molecule has 2 aromatic carbocycles. The van der Waals surface area contributed by atoms with Gasteiger partial charge in [-0.15, -0.1) is 0 Å². The Bertz CT molecular complexity index is 844. The number of nitrogens with one attached hydrogen (secondary N) is 1.